The molecule has 1 amide bonds. The van der Waals surface area contributed by atoms with E-state index in [-0.39, 0.29) is 16.6 Å². The molecule has 1 saturated heterocycles. The summed E-state index contributed by atoms with van der Waals surface area (Å²) < 4.78 is 48.5. The Morgan fingerprint density at radius 3 is 2.52 bits per heavy atom. The Morgan fingerprint density at radius 2 is 1.89 bits per heavy atom. The van der Waals surface area contributed by atoms with Gasteiger partial charge in [-0.25, -0.2) is 14.5 Å². The number of anilines is 2. The molecule has 11 nitrogen and oxygen atoms in total. The maximum absolute atomic E-state index is 13.7. The van der Waals surface area contributed by atoms with Gasteiger partial charge in [0.2, 0.25) is 0 Å². The zero-order chi connectivity index (χ0) is 32.1. The summed E-state index contributed by atoms with van der Waals surface area (Å²) in [7, 11) is 0. The van der Waals surface area contributed by atoms with Crippen LogP contribution in [-0.2, 0) is 17.4 Å². The highest BCUT2D eigenvalue weighted by Gasteiger charge is 2.51. The van der Waals surface area contributed by atoms with Crippen molar-refractivity contribution >= 4 is 40.1 Å². The Bertz CT molecular complexity index is 1930. The molecule has 0 aliphatic carbocycles. The predicted octanol–water partition coefficient (Wildman–Crippen LogP) is 4.95. The number of thiocarbonyl (C=S) groups is 1. The van der Waals surface area contributed by atoms with Crippen LogP contribution in [0.1, 0.15) is 56.9 Å². The number of imidazole rings is 1. The third-order valence-electron chi connectivity index (χ3n) is 7.20. The van der Waals surface area contributed by atoms with Gasteiger partial charge >= 0.3 is 6.18 Å². The number of halogens is 3. The molecule has 1 aliphatic rings. The van der Waals surface area contributed by atoms with Gasteiger partial charge in [-0.1, -0.05) is 6.92 Å². The van der Waals surface area contributed by atoms with Crippen molar-refractivity contribution in [2.24, 2.45) is 0 Å². The molecule has 228 valence electrons. The third kappa shape index (κ3) is 4.94. The Balaban J connectivity index is 1.65. The topological polar surface area (TPSA) is 133 Å². The van der Waals surface area contributed by atoms with Crippen molar-refractivity contribution in [1.82, 2.24) is 24.6 Å². The van der Waals surface area contributed by atoms with Crippen molar-refractivity contribution in [3.8, 4) is 23.2 Å². The van der Waals surface area contributed by atoms with E-state index in [1.165, 1.54) is 15.5 Å². The van der Waals surface area contributed by atoms with Crippen LogP contribution < -0.4 is 20.1 Å². The number of aromatic nitrogens is 5. The minimum atomic E-state index is -4.88. The number of aromatic amines is 1. The smallest absolute Gasteiger partial charge is 0.419 e. The molecular weight excluding hydrogens is 597 g/mol. The average Bonchev–Trinajstić information content (AvgIpc) is 3.37. The summed E-state index contributed by atoms with van der Waals surface area (Å²) in [4.78, 5) is 40.3. The molecular formula is C29H27F3N8O3S. The SMILES string of the molecule is CCCc1nc(C)c2c(=O)[nH]c(-c3cc(N4C(=S)N(c5cnc(C#N)c(C(F)(F)F)c5)C(=O)C4(C)C)ccc3OCC)nn12. The number of carbonyl (C=O) groups is 1. The molecule has 15 heteroatoms. The van der Waals surface area contributed by atoms with Crippen LogP contribution >= 0.6 is 12.2 Å². The number of aryl methyl sites for hydroxylation is 2. The van der Waals surface area contributed by atoms with E-state index >= 15 is 0 Å². The van der Waals surface area contributed by atoms with Gasteiger partial charge in [-0.15, -0.1) is 5.10 Å². The summed E-state index contributed by atoms with van der Waals surface area (Å²) in [5, 5.41) is 13.7. The molecule has 4 aromatic rings. The van der Waals surface area contributed by atoms with Crippen molar-refractivity contribution in [3.05, 3.63) is 63.6 Å². The number of nitrogens with one attached hydrogen (secondary N) is 1. The lowest BCUT2D eigenvalue weighted by Gasteiger charge is -2.30. The van der Waals surface area contributed by atoms with Crippen molar-refractivity contribution in [2.75, 3.05) is 16.4 Å². The van der Waals surface area contributed by atoms with Gasteiger partial charge in [-0.3, -0.25) is 14.5 Å². The number of carbonyl (C=O) groups excluding carboxylic acids is 1. The Labute approximate surface area is 254 Å². The fraction of sp³-hybridized carbons (Fsp3) is 0.345. The molecule has 0 spiro atoms. The minimum Gasteiger partial charge on any atom is -0.493 e. The number of fused-ring (bicyclic) bond motifs is 1. The van der Waals surface area contributed by atoms with Crippen LogP contribution in [0.4, 0.5) is 24.5 Å². The Morgan fingerprint density at radius 1 is 1.16 bits per heavy atom. The molecule has 44 heavy (non-hydrogen) atoms. The molecule has 3 aromatic heterocycles. The molecule has 4 heterocycles. The number of rotatable bonds is 7. The van der Waals surface area contributed by atoms with Crippen LogP contribution in [-0.4, -0.2) is 47.7 Å². The van der Waals surface area contributed by atoms with Gasteiger partial charge in [-0.05, 0) is 70.6 Å². The second-order valence-electron chi connectivity index (χ2n) is 10.6. The first-order chi connectivity index (χ1) is 20.7. The summed E-state index contributed by atoms with van der Waals surface area (Å²) >= 11 is 5.67. The number of hydrogen-bond acceptors (Lipinski definition) is 8. The van der Waals surface area contributed by atoms with E-state index < -0.39 is 34.4 Å². The van der Waals surface area contributed by atoms with Gasteiger partial charge in [0.1, 0.15) is 23.2 Å². The standard InChI is InChI=1S/C29H27F3N8O3S/c1-6-8-22-35-15(3)23-25(41)36-24(37-40(22)23)18-11-16(9-10-21(18)43-7-2)39-27(44)38(26(42)28(39,4)5)17-12-19(29(30,31)32)20(13-33)34-14-17/h9-12,14H,6-8H2,1-5H3,(H,36,37,41). The first-order valence-corrected chi connectivity index (χ1v) is 14.1. The molecule has 1 aromatic carbocycles. The summed E-state index contributed by atoms with van der Waals surface area (Å²) in [5.74, 6) is 0.590. The summed E-state index contributed by atoms with van der Waals surface area (Å²) in [6.45, 7) is 8.98. The van der Waals surface area contributed by atoms with Gasteiger partial charge in [0.15, 0.2) is 22.1 Å². The van der Waals surface area contributed by atoms with E-state index in [9.17, 15) is 22.8 Å². The first kappa shape index (κ1) is 30.6. The van der Waals surface area contributed by atoms with Gasteiger partial charge in [0.25, 0.3) is 11.5 Å². The second kappa shape index (κ2) is 11.0. The lowest BCUT2D eigenvalue weighted by Crippen LogP contribution is -2.44. The van der Waals surface area contributed by atoms with Crippen LogP contribution in [0.15, 0.2) is 35.3 Å². The van der Waals surface area contributed by atoms with Crippen LogP contribution in [0.5, 0.6) is 5.75 Å². The maximum atomic E-state index is 13.7. The molecule has 1 fully saturated rings. The van der Waals surface area contributed by atoms with Gasteiger partial charge < -0.3 is 14.6 Å². The van der Waals surface area contributed by atoms with E-state index in [1.54, 1.807) is 45.9 Å². The first-order valence-electron chi connectivity index (χ1n) is 13.7. The fourth-order valence-electron chi connectivity index (χ4n) is 5.20. The Kier molecular flexibility index (Phi) is 7.66. The van der Waals surface area contributed by atoms with Crippen molar-refractivity contribution in [1.29, 1.82) is 5.26 Å². The number of hydrogen-bond donors (Lipinski definition) is 1. The molecule has 0 atom stereocenters. The minimum absolute atomic E-state index is 0.109. The van der Waals surface area contributed by atoms with Crippen LogP contribution in [0.3, 0.4) is 0 Å². The van der Waals surface area contributed by atoms with E-state index in [1.807, 2.05) is 6.92 Å². The highest BCUT2D eigenvalue weighted by atomic mass is 32.1. The van der Waals surface area contributed by atoms with Crippen molar-refractivity contribution < 1.29 is 22.7 Å². The summed E-state index contributed by atoms with van der Waals surface area (Å²) in [6, 6.07) is 7.05. The van der Waals surface area contributed by atoms with Gasteiger partial charge in [0.05, 0.1) is 35.3 Å². The molecule has 1 N–H and O–H groups in total. The van der Waals surface area contributed by atoms with E-state index in [0.717, 1.165) is 17.5 Å². The van der Waals surface area contributed by atoms with E-state index in [2.05, 4.69) is 20.1 Å². The van der Waals surface area contributed by atoms with E-state index in [0.29, 0.717) is 53.1 Å². The molecule has 0 unspecified atom stereocenters. The van der Waals surface area contributed by atoms with Crippen LogP contribution in [0, 0.1) is 18.3 Å². The highest BCUT2D eigenvalue weighted by molar-refractivity contribution is 7.81. The summed E-state index contributed by atoms with van der Waals surface area (Å²) in [6.07, 6.45) is -2.50. The quantitative estimate of drug-likeness (QED) is 0.284. The number of H-pyrrole nitrogens is 1. The van der Waals surface area contributed by atoms with E-state index in [4.69, 9.17) is 22.2 Å². The zero-order valence-corrected chi connectivity index (χ0v) is 25.2. The molecule has 1 aliphatic heterocycles. The highest BCUT2D eigenvalue weighted by Crippen LogP contribution is 2.41. The number of ether oxygens (including phenoxy) is 1. The lowest BCUT2D eigenvalue weighted by molar-refractivity contribution is -0.138. The summed E-state index contributed by atoms with van der Waals surface area (Å²) in [5.41, 5.74) is -2.44. The number of alkyl halides is 3. The zero-order valence-electron chi connectivity index (χ0n) is 24.4. The van der Waals surface area contributed by atoms with Gasteiger partial charge in [0, 0.05) is 12.1 Å². The third-order valence-corrected chi connectivity index (χ3v) is 7.57. The molecule has 0 radical (unpaired) electrons. The number of pyridine rings is 1. The van der Waals surface area contributed by atoms with Crippen molar-refractivity contribution in [3.63, 3.8) is 0 Å². The Hall–Kier alpha value is -4.84. The second-order valence-corrected chi connectivity index (χ2v) is 10.9. The number of nitrogens with zero attached hydrogens (tertiary/aromatic N) is 7. The molecule has 0 saturated carbocycles. The number of benzene rings is 1. The van der Waals surface area contributed by atoms with Crippen molar-refractivity contribution in [2.45, 2.75) is 59.2 Å². The fourth-order valence-corrected chi connectivity index (χ4v) is 5.73. The lowest BCUT2D eigenvalue weighted by atomic mass is 10.0. The number of nitriles is 1. The largest absolute Gasteiger partial charge is 0.493 e. The van der Waals surface area contributed by atoms with Crippen LogP contribution in [0.25, 0.3) is 16.9 Å². The predicted molar refractivity (Wildman–Crippen MR) is 160 cm³/mol. The maximum Gasteiger partial charge on any atom is 0.419 e. The molecule has 0 bridgehead atoms. The average molecular weight is 625 g/mol. The van der Waals surface area contributed by atoms with Gasteiger partial charge in [-0.2, -0.15) is 18.4 Å². The number of amides is 1. The monoisotopic (exact) mass is 624 g/mol. The normalized spacial score (nSPS) is 14.9. The van der Waals surface area contributed by atoms with Crippen LogP contribution in [0.2, 0.25) is 0 Å². The molecule has 5 rings (SSSR count).